The van der Waals surface area contributed by atoms with Crippen LogP contribution in [0.25, 0.3) is 0 Å². The predicted molar refractivity (Wildman–Crippen MR) is 66.3 cm³/mol. The molecular formula is C11H15ClFNO2S. The summed E-state index contributed by atoms with van der Waals surface area (Å²) < 4.78 is 39.2. The fraction of sp³-hybridized carbons (Fsp3) is 0.455. The van der Waals surface area contributed by atoms with Gasteiger partial charge in [-0.3, -0.25) is 0 Å². The number of hydrogen-bond acceptors (Lipinski definition) is 2. The number of alkyl halides is 1. The Labute approximate surface area is 106 Å². The van der Waals surface area contributed by atoms with Crippen molar-refractivity contribution < 1.29 is 12.8 Å². The van der Waals surface area contributed by atoms with Crippen molar-refractivity contribution in [2.45, 2.75) is 30.5 Å². The van der Waals surface area contributed by atoms with E-state index in [-0.39, 0.29) is 16.8 Å². The van der Waals surface area contributed by atoms with E-state index < -0.39 is 15.8 Å². The van der Waals surface area contributed by atoms with Crippen LogP contribution in [0.4, 0.5) is 4.39 Å². The monoisotopic (exact) mass is 279 g/mol. The Hall–Kier alpha value is -0.650. The van der Waals surface area contributed by atoms with Gasteiger partial charge in [-0.2, -0.15) is 0 Å². The maximum absolute atomic E-state index is 13.0. The summed E-state index contributed by atoms with van der Waals surface area (Å²) >= 11 is 5.83. The summed E-state index contributed by atoms with van der Waals surface area (Å²) in [5.74, 6) is -0.575. The average molecular weight is 280 g/mol. The van der Waals surface area contributed by atoms with Crippen molar-refractivity contribution in [2.75, 3.05) is 6.54 Å². The van der Waals surface area contributed by atoms with Gasteiger partial charge < -0.3 is 0 Å². The molecule has 1 atom stereocenters. The molecule has 17 heavy (non-hydrogen) atoms. The molecule has 1 unspecified atom stereocenters. The smallest absolute Gasteiger partial charge is 0.210 e. The molecule has 0 saturated heterocycles. The molecule has 0 amide bonds. The van der Waals surface area contributed by atoms with Crippen LogP contribution < -0.4 is 4.72 Å². The lowest BCUT2D eigenvalue weighted by Gasteiger charge is -2.11. The van der Waals surface area contributed by atoms with Crippen molar-refractivity contribution in [1.82, 2.24) is 4.72 Å². The lowest BCUT2D eigenvalue weighted by atomic mass is 10.2. The van der Waals surface area contributed by atoms with E-state index in [1.54, 1.807) is 6.92 Å². The molecule has 0 bridgehead atoms. The van der Waals surface area contributed by atoms with Gasteiger partial charge in [0.05, 0.1) is 4.90 Å². The molecule has 1 aromatic carbocycles. The lowest BCUT2D eigenvalue weighted by Crippen LogP contribution is -2.30. The molecule has 0 aliphatic carbocycles. The van der Waals surface area contributed by atoms with Gasteiger partial charge in [-0.05, 0) is 31.0 Å². The molecule has 0 aromatic heterocycles. The zero-order chi connectivity index (χ0) is 13.1. The second-order valence-corrected chi connectivity index (χ2v) is 6.12. The standard InChI is InChI=1S/C11H15ClFNO2S/c1-3-9(12)7-14-17(15,16)11-6-10(13)5-4-8(11)2/h4-6,9,14H,3,7H2,1-2H3. The van der Waals surface area contributed by atoms with Crippen LogP contribution in [-0.4, -0.2) is 20.3 Å². The van der Waals surface area contributed by atoms with Gasteiger partial charge in [-0.25, -0.2) is 17.5 Å². The van der Waals surface area contributed by atoms with Crippen molar-refractivity contribution in [1.29, 1.82) is 0 Å². The van der Waals surface area contributed by atoms with Gasteiger partial charge >= 0.3 is 0 Å². The Morgan fingerprint density at radius 2 is 2.12 bits per heavy atom. The summed E-state index contributed by atoms with van der Waals surface area (Å²) in [4.78, 5) is -0.0440. The molecule has 3 nitrogen and oxygen atoms in total. The number of aryl methyl sites for hydroxylation is 1. The van der Waals surface area contributed by atoms with Crippen LogP contribution in [0.5, 0.6) is 0 Å². The minimum atomic E-state index is -3.69. The molecular weight excluding hydrogens is 265 g/mol. The Balaban J connectivity index is 2.93. The Kier molecular flexibility index (Phi) is 4.91. The van der Waals surface area contributed by atoms with Crippen LogP contribution in [-0.2, 0) is 10.0 Å². The first kappa shape index (κ1) is 14.4. The Morgan fingerprint density at radius 3 is 2.71 bits per heavy atom. The average Bonchev–Trinajstić information content (AvgIpc) is 2.29. The molecule has 0 fully saturated rings. The molecule has 1 rings (SSSR count). The third-order valence-corrected chi connectivity index (χ3v) is 4.41. The third kappa shape index (κ3) is 3.94. The first-order valence-electron chi connectivity index (χ1n) is 5.26. The van der Waals surface area contributed by atoms with Crippen LogP contribution in [0.3, 0.4) is 0 Å². The van der Waals surface area contributed by atoms with Crippen molar-refractivity contribution >= 4 is 21.6 Å². The van der Waals surface area contributed by atoms with E-state index in [1.165, 1.54) is 12.1 Å². The minimum absolute atomic E-state index is 0.0440. The van der Waals surface area contributed by atoms with E-state index in [2.05, 4.69) is 4.72 Å². The van der Waals surface area contributed by atoms with Crippen LogP contribution in [0.1, 0.15) is 18.9 Å². The number of sulfonamides is 1. The maximum atomic E-state index is 13.0. The number of rotatable bonds is 5. The summed E-state index contributed by atoms with van der Waals surface area (Å²) in [5, 5.41) is -0.265. The number of benzene rings is 1. The highest BCUT2D eigenvalue weighted by atomic mass is 35.5. The van der Waals surface area contributed by atoms with E-state index in [0.29, 0.717) is 12.0 Å². The largest absolute Gasteiger partial charge is 0.240 e. The second-order valence-electron chi connectivity index (χ2n) is 3.77. The molecule has 1 aromatic rings. The first-order valence-corrected chi connectivity index (χ1v) is 7.18. The van der Waals surface area contributed by atoms with Gasteiger partial charge in [0.2, 0.25) is 10.0 Å². The van der Waals surface area contributed by atoms with Crippen LogP contribution >= 0.6 is 11.6 Å². The van der Waals surface area contributed by atoms with Gasteiger partial charge in [0.1, 0.15) is 5.82 Å². The predicted octanol–water partition coefficient (Wildman–Crippen LogP) is 2.43. The summed E-state index contributed by atoms with van der Waals surface area (Å²) in [6.45, 7) is 3.61. The third-order valence-electron chi connectivity index (χ3n) is 2.38. The molecule has 0 heterocycles. The summed E-state index contributed by atoms with van der Waals surface area (Å²) in [5.41, 5.74) is 0.501. The molecule has 96 valence electrons. The molecule has 0 saturated carbocycles. The van der Waals surface area contributed by atoms with E-state index in [0.717, 1.165) is 6.07 Å². The van der Waals surface area contributed by atoms with Crippen molar-refractivity contribution in [3.05, 3.63) is 29.6 Å². The van der Waals surface area contributed by atoms with Gasteiger partial charge in [0.25, 0.3) is 0 Å². The van der Waals surface area contributed by atoms with Crippen LogP contribution in [0.2, 0.25) is 0 Å². The molecule has 6 heteroatoms. The topological polar surface area (TPSA) is 46.2 Å². The van der Waals surface area contributed by atoms with Crippen LogP contribution in [0.15, 0.2) is 23.1 Å². The van der Waals surface area contributed by atoms with Crippen molar-refractivity contribution in [3.63, 3.8) is 0 Å². The normalized spacial score (nSPS) is 13.6. The first-order chi connectivity index (χ1) is 7.86. The molecule has 1 N–H and O–H groups in total. The number of halogens is 2. The molecule has 0 spiro atoms. The number of nitrogens with one attached hydrogen (secondary N) is 1. The zero-order valence-corrected chi connectivity index (χ0v) is 11.3. The molecule has 0 aliphatic heterocycles. The van der Waals surface area contributed by atoms with E-state index in [1.807, 2.05) is 6.92 Å². The minimum Gasteiger partial charge on any atom is -0.210 e. The highest BCUT2D eigenvalue weighted by Crippen LogP contribution is 2.16. The summed E-state index contributed by atoms with van der Waals surface area (Å²) in [6, 6.07) is 3.67. The summed E-state index contributed by atoms with van der Waals surface area (Å²) in [6.07, 6.45) is 0.659. The lowest BCUT2D eigenvalue weighted by molar-refractivity contribution is 0.574. The summed E-state index contributed by atoms with van der Waals surface area (Å²) in [7, 11) is -3.69. The van der Waals surface area contributed by atoms with Gasteiger partial charge in [-0.1, -0.05) is 13.0 Å². The fourth-order valence-electron chi connectivity index (χ4n) is 1.29. The van der Waals surface area contributed by atoms with Gasteiger partial charge in [-0.15, -0.1) is 11.6 Å². The molecule has 0 radical (unpaired) electrons. The Morgan fingerprint density at radius 1 is 1.47 bits per heavy atom. The SMILES string of the molecule is CCC(Cl)CNS(=O)(=O)c1cc(F)ccc1C. The zero-order valence-electron chi connectivity index (χ0n) is 9.70. The second kappa shape index (κ2) is 5.80. The van der Waals surface area contributed by atoms with E-state index in [4.69, 9.17) is 11.6 Å². The van der Waals surface area contributed by atoms with Gasteiger partial charge in [0.15, 0.2) is 0 Å². The highest BCUT2D eigenvalue weighted by molar-refractivity contribution is 7.89. The van der Waals surface area contributed by atoms with Gasteiger partial charge in [0, 0.05) is 11.9 Å². The highest BCUT2D eigenvalue weighted by Gasteiger charge is 2.18. The van der Waals surface area contributed by atoms with Crippen LogP contribution in [0, 0.1) is 12.7 Å². The van der Waals surface area contributed by atoms with E-state index in [9.17, 15) is 12.8 Å². The number of hydrogen-bond donors (Lipinski definition) is 1. The fourth-order valence-corrected chi connectivity index (χ4v) is 2.79. The van der Waals surface area contributed by atoms with Crippen molar-refractivity contribution in [2.24, 2.45) is 0 Å². The molecule has 0 aliphatic rings. The Bertz CT molecular complexity index is 490. The maximum Gasteiger partial charge on any atom is 0.240 e. The van der Waals surface area contributed by atoms with Crippen molar-refractivity contribution in [3.8, 4) is 0 Å². The quantitative estimate of drug-likeness (QED) is 0.842. The van der Waals surface area contributed by atoms with E-state index >= 15 is 0 Å².